The van der Waals surface area contributed by atoms with Crippen molar-refractivity contribution in [2.45, 2.75) is 38.6 Å². The van der Waals surface area contributed by atoms with Crippen LogP contribution in [0.25, 0.3) is 5.76 Å². The van der Waals surface area contributed by atoms with Gasteiger partial charge in [-0.3, -0.25) is 14.4 Å². The van der Waals surface area contributed by atoms with Crippen molar-refractivity contribution in [1.29, 1.82) is 0 Å². The minimum atomic E-state index is -0.852. The van der Waals surface area contributed by atoms with Gasteiger partial charge in [0.2, 0.25) is 0 Å². The fourth-order valence-electron chi connectivity index (χ4n) is 3.70. The van der Waals surface area contributed by atoms with Crippen LogP contribution in [0.2, 0.25) is 0 Å². The number of likely N-dealkylation sites (tertiary alicyclic amines) is 1. The first kappa shape index (κ1) is 22.7. The van der Waals surface area contributed by atoms with Gasteiger partial charge in [0.25, 0.3) is 11.7 Å². The Morgan fingerprint density at radius 3 is 2.23 bits per heavy atom. The molecule has 1 saturated heterocycles. The number of amides is 1. The fraction of sp³-hybridized carbons (Fsp3) is 0.292. The van der Waals surface area contributed by atoms with Crippen molar-refractivity contribution in [3.05, 3.63) is 75.3 Å². The van der Waals surface area contributed by atoms with Crippen LogP contribution >= 0.6 is 15.9 Å². The number of ketones is 1. The number of carboxylic acids is 1. The summed E-state index contributed by atoms with van der Waals surface area (Å²) in [5, 5.41) is 19.8. The van der Waals surface area contributed by atoms with Crippen LogP contribution in [0.1, 0.15) is 48.4 Å². The molecule has 1 atom stereocenters. The Hall–Kier alpha value is -2.93. The largest absolute Gasteiger partial charge is 0.507 e. The zero-order valence-corrected chi connectivity index (χ0v) is 18.8. The van der Waals surface area contributed by atoms with Gasteiger partial charge < -0.3 is 15.1 Å². The van der Waals surface area contributed by atoms with Gasteiger partial charge in [0.1, 0.15) is 5.76 Å². The van der Waals surface area contributed by atoms with Crippen LogP contribution in [0, 0.1) is 6.92 Å². The van der Waals surface area contributed by atoms with Gasteiger partial charge >= 0.3 is 5.97 Å². The van der Waals surface area contributed by atoms with E-state index in [-0.39, 0.29) is 17.8 Å². The number of aliphatic carboxylic acids is 1. The third kappa shape index (κ3) is 5.22. The lowest BCUT2D eigenvalue weighted by Crippen LogP contribution is -2.30. The van der Waals surface area contributed by atoms with Crippen molar-refractivity contribution in [2.75, 3.05) is 6.54 Å². The van der Waals surface area contributed by atoms with E-state index in [4.69, 9.17) is 5.11 Å². The normalized spacial score (nSPS) is 17.9. The van der Waals surface area contributed by atoms with Crippen LogP contribution in [0.3, 0.4) is 0 Å². The molecular weight excluding hydrogens is 462 g/mol. The number of nitrogens with zero attached hydrogens (tertiary/aromatic N) is 1. The highest BCUT2D eigenvalue weighted by molar-refractivity contribution is 9.10. The number of rotatable bonds is 8. The van der Waals surface area contributed by atoms with Crippen LogP contribution in [0.4, 0.5) is 0 Å². The second kappa shape index (κ2) is 9.92. The van der Waals surface area contributed by atoms with E-state index in [1.54, 1.807) is 24.3 Å². The molecule has 2 aromatic carbocycles. The lowest BCUT2D eigenvalue weighted by atomic mass is 9.94. The molecule has 7 heteroatoms. The van der Waals surface area contributed by atoms with Crippen LogP contribution in [0.15, 0.2) is 58.6 Å². The number of benzene rings is 2. The predicted molar refractivity (Wildman–Crippen MR) is 120 cm³/mol. The molecule has 2 N–H and O–H groups in total. The van der Waals surface area contributed by atoms with Crippen molar-refractivity contribution in [3.63, 3.8) is 0 Å². The number of carboxylic acid groups (broad SMARTS) is 1. The summed E-state index contributed by atoms with van der Waals surface area (Å²) in [4.78, 5) is 38.0. The molecule has 2 aromatic rings. The van der Waals surface area contributed by atoms with Gasteiger partial charge in [-0.15, -0.1) is 0 Å². The molecule has 6 nitrogen and oxygen atoms in total. The summed E-state index contributed by atoms with van der Waals surface area (Å²) in [6, 6.07) is 13.7. The molecule has 0 unspecified atom stereocenters. The first-order valence-electron chi connectivity index (χ1n) is 10.1. The van der Waals surface area contributed by atoms with Crippen molar-refractivity contribution >= 4 is 39.3 Å². The van der Waals surface area contributed by atoms with Gasteiger partial charge in [-0.05, 0) is 37.5 Å². The Kier molecular flexibility index (Phi) is 7.28. The maximum atomic E-state index is 12.9. The highest BCUT2D eigenvalue weighted by Crippen LogP contribution is 2.39. The number of halogens is 1. The first-order valence-corrected chi connectivity index (χ1v) is 10.9. The van der Waals surface area contributed by atoms with Gasteiger partial charge in [0.15, 0.2) is 0 Å². The molecule has 1 amide bonds. The number of carbonyl (C=O) groups is 3. The van der Waals surface area contributed by atoms with Crippen LogP contribution < -0.4 is 0 Å². The number of hydrogen-bond acceptors (Lipinski definition) is 4. The van der Waals surface area contributed by atoms with Gasteiger partial charge in [0.05, 0.1) is 11.6 Å². The summed E-state index contributed by atoms with van der Waals surface area (Å²) in [5.74, 6) is -2.42. The molecule has 31 heavy (non-hydrogen) atoms. The molecule has 162 valence electrons. The molecule has 1 aliphatic heterocycles. The van der Waals surface area contributed by atoms with Crippen molar-refractivity contribution < 1.29 is 24.6 Å². The summed E-state index contributed by atoms with van der Waals surface area (Å²) in [6.45, 7) is 2.25. The van der Waals surface area contributed by atoms with E-state index in [0.29, 0.717) is 31.4 Å². The molecule has 3 rings (SSSR count). The van der Waals surface area contributed by atoms with Gasteiger partial charge in [-0.2, -0.15) is 0 Å². The third-order valence-electron chi connectivity index (χ3n) is 5.34. The smallest absolute Gasteiger partial charge is 0.303 e. The summed E-state index contributed by atoms with van der Waals surface area (Å²) in [6.07, 6.45) is 1.78. The van der Waals surface area contributed by atoms with E-state index in [0.717, 1.165) is 15.6 Å². The summed E-state index contributed by atoms with van der Waals surface area (Å²) < 4.78 is 0.834. The average Bonchev–Trinajstić information content (AvgIpc) is 2.99. The molecule has 1 heterocycles. The molecule has 0 aliphatic carbocycles. The summed E-state index contributed by atoms with van der Waals surface area (Å²) in [7, 11) is 0. The minimum Gasteiger partial charge on any atom is -0.507 e. The number of carbonyl (C=O) groups excluding carboxylic acids is 2. The SMILES string of the molecule is Cc1ccc([C@H]2/C(=C(\O)c3ccc(Br)cc3)C(=O)C(=O)N2CCCCCC(=O)O)cc1. The van der Waals surface area contributed by atoms with Crippen LogP contribution in [0.5, 0.6) is 0 Å². The minimum absolute atomic E-state index is 0.0710. The Bertz CT molecular complexity index is 1010. The van der Waals surface area contributed by atoms with E-state index in [1.807, 2.05) is 31.2 Å². The van der Waals surface area contributed by atoms with E-state index in [9.17, 15) is 19.5 Å². The average molecular weight is 486 g/mol. The Morgan fingerprint density at radius 1 is 0.968 bits per heavy atom. The fourth-order valence-corrected chi connectivity index (χ4v) is 3.97. The zero-order chi connectivity index (χ0) is 22.5. The number of aliphatic hydroxyl groups excluding tert-OH is 1. The maximum Gasteiger partial charge on any atom is 0.303 e. The molecule has 0 bridgehead atoms. The first-order chi connectivity index (χ1) is 14.8. The van der Waals surface area contributed by atoms with E-state index in [2.05, 4.69) is 15.9 Å². The van der Waals surface area contributed by atoms with E-state index < -0.39 is 23.7 Å². The third-order valence-corrected chi connectivity index (χ3v) is 5.87. The number of aryl methyl sites for hydroxylation is 1. The second-order valence-electron chi connectivity index (χ2n) is 7.61. The number of aliphatic hydroxyl groups is 1. The molecule has 1 aliphatic rings. The predicted octanol–water partition coefficient (Wildman–Crippen LogP) is 4.82. The van der Waals surface area contributed by atoms with Gasteiger partial charge in [-0.1, -0.05) is 64.3 Å². The van der Waals surface area contributed by atoms with Crippen molar-refractivity contribution in [1.82, 2.24) is 4.90 Å². The summed E-state index contributed by atoms with van der Waals surface area (Å²) in [5.41, 5.74) is 2.32. The lowest BCUT2D eigenvalue weighted by molar-refractivity contribution is -0.140. The van der Waals surface area contributed by atoms with Crippen molar-refractivity contribution in [2.24, 2.45) is 0 Å². The molecule has 1 fully saturated rings. The monoisotopic (exact) mass is 485 g/mol. The molecular formula is C24H24BrNO5. The molecule has 0 radical (unpaired) electrons. The lowest BCUT2D eigenvalue weighted by Gasteiger charge is -2.25. The molecule has 0 saturated carbocycles. The van der Waals surface area contributed by atoms with E-state index >= 15 is 0 Å². The zero-order valence-electron chi connectivity index (χ0n) is 17.2. The highest BCUT2D eigenvalue weighted by atomic mass is 79.9. The standard InChI is InChI=1S/C24H24BrNO5/c1-15-6-8-16(9-7-15)21-20(22(29)17-10-12-18(25)13-11-17)23(30)24(31)26(21)14-4-2-3-5-19(27)28/h6-13,21,29H,2-5,14H2,1H3,(H,27,28)/b22-20+/t21-/m0/s1. The van der Waals surface area contributed by atoms with E-state index in [1.165, 1.54) is 4.90 Å². The number of Topliss-reactive ketones (excluding diaryl/α,β-unsaturated/α-hetero) is 1. The number of unbranched alkanes of at least 4 members (excludes halogenated alkanes) is 2. The van der Waals surface area contributed by atoms with Crippen molar-refractivity contribution in [3.8, 4) is 0 Å². The van der Waals surface area contributed by atoms with Crippen LogP contribution in [-0.2, 0) is 14.4 Å². The topological polar surface area (TPSA) is 94.9 Å². The number of hydrogen-bond donors (Lipinski definition) is 2. The Morgan fingerprint density at radius 2 is 1.61 bits per heavy atom. The summed E-state index contributed by atoms with van der Waals surface area (Å²) >= 11 is 3.35. The van der Waals surface area contributed by atoms with Gasteiger partial charge in [0, 0.05) is 23.0 Å². The maximum absolute atomic E-state index is 12.9. The Balaban J connectivity index is 1.96. The van der Waals surface area contributed by atoms with Crippen LogP contribution in [-0.4, -0.2) is 39.3 Å². The molecule has 0 aromatic heterocycles. The quantitative estimate of drug-likeness (QED) is 0.241. The second-order valence-corrected chi connectivity index (χ2v) is 8.53. The molecule has 0 spiro atoms. The highest BCUT2D eigenvalue weighted by Gasteiger charge is 2.45. The Labute approximate surface area is 189 Å². The van der Waals surface area contributed by atoms with Gasteiger partial charge in [-0.25, -0.2) is 0 Å².